The van der Waals surface area contributed by atoms with E-state index in [0.717, 1.165) is 22.3 Å². The van der Waals surface area contributed by atoms with Crippen molar-refractivity contribution >= 4 is 18.1 Å². The first-order chi connectivity index (χ1) is 21.0. The third-order valence-electron chi connectivity index (χ3n) is 8.07. The topological polar surface area (TPSA) is 97.0 Å². The first kappa shape index (κ1) is 31.1. The second-order valence-corrected chi connectivity index (χ2v) is 13.2. The van der Waals surface area contributed by atoms with Gasteiger partial charge in [-0.2, -0.15) is 0 Å². The minimum absolute atomic E-state index is 0.0416. The van der Waals surface area contributed by atoms with Crippen LogP contribution in [0.5, 0.6) is 0 Å². The molecule has 0 saturated heterocycles. The smallest absolute Gasteiger partial charge is 0.408 e. The maximum absolute atomic E-state index is 13.9. The van der Waals surface area contributed by atoms with Crippen molar-refractivity contribution in [2.75, 3.05) is 13.2 Å². The van der Waals surface area contributed by atoms with Gasteiger partial charge in [0.1, 0.15) is 18.2 Å². The summed E-state index contributed by atoms with van der Waals surface area (Å²) in [5.41, 5.74) is 5.96. The molecule has 3 aromatic rings. The first-order valence-electron chi connectivity index (χ1n) is 15.4. The van der Waals surface area contributed by atoms with Gasteiger partial charge in [0.05, 0.1) is 6.04 Å². The summed E-state index contributed by atoms with van der Waals surface area (Å²) in [6.07, 6.45) is -0.131. The van der Waals surface area contributed by atoms with Gasteiger partial charge in [-0.1, -0.05) is 86.6 Å². The van der Waals surface area contributed by atoms with Crippen molar-refractivity contribution in [2.45, 2.75) is 77.6 Å². The molecule has 3 amide bonds. The first-order valence-corrected chi connectivity index (χ1v) is 15.4. The lowest BCUT2D eigenvalue weighted by molar-refractivity contribution is -0.134. The van der Waals surface area contributed by atoms with Crippen molar-refractivity contribution < 1.29 is 23.9 Å². The molecule has 0 bridgehead atoms. The van der Waals surface area contributed by atoms with Crippen molar-refractivity contribution in [1.29, 1.82) is 0 Å². The van der Waals surface area contributed by atoms with Gasteiger partial charge in [-0.05, 0) is 66.5 Å². The second-order valence-electron chi connectivity index (χ2n) is 13.2. The SMILES string of the molecule is CC(C)C[C@@H](CN1Cc2ccccc2C[C@H](NC(=O)OC(C)(C)C)C1=O)NC(=O)OCC1c2ccccc2-c2ccccc21. The summed E-state index contributed by atoms with van der Waals surface area (Å²) in [4.78, 5) is 41.5. The van der Waals surface area contributed by atoms with Gasteiger partial charge in [0.2, 0.25) is 5.91 Å². The highest BCUT2D eigenvalue weighted by molar-refractivity contribution is 5.87. The molecular weight excluding hydrogens is 554 g/mol. The summed E-state index contributed by atoms with van der Waals surface area (Å²) in [5, 5.41) is 5.85. The van der Waals surface area contributed by atoms with Crippen LogP contribution >= 0.6 is 0 Å². The van der Waals surface area contributed by atoms with Crippen LogP contribution in [0.25, 0.3) is 11.1 Å². The number of alkyl carbamates (subject to hydrolysis) is 2. The zero-order valence-electron chi connectivity index (χ0n) is 26.3. The second kappa shape index (κ2) is 13.1. The molecule has 5 rings (SSSR count). The maximum Gasteiger partial charge on any atom is 0.408 e. The Balaban J connectivity index is 1.29. The Labute approximate surface area is 260 Å². The molecule has 1 aliphatic heterocycles. The highest BCUT2D eigenvalue weighted by atomic mass is 16.6. The average molecular weight is 598 g/mol. The van der Waals surface area contributed by atoms with Crippen molar-refractivity contribution in [3.8, 4) is 11.1 Å². The van der Waals surface area contributed by atoms with E-state index in [2.05, 4.69) is 48.7 Å². The Morgan fingerprint density at radius 2 is 1.48 bits per heavy atom. The summed E-state index contributed by atoms with van der Waals surface area (Å²) < 4.78 is 11.3. The Bertz CT molecular complexity index is 1470. The van der Waals surface area contributed by atoms with E-state index >= 15 is 0 Å². The van der Waals surface area contributed by atoms with E-state index in [4.69, 9.17) is 9.47 Å². The summed E-state index contributed by atoms with van der Waals surface area (Å²) >= 11 is 0. The van der Waals surface area contributed by atoms with E-state index < -0.39 is 23.8 Å². The van der Waals surface area contributed by atoms with Gasteiger partial charge in [0, 0.05) is 25.4 Å². The standard InChI is InChI=1S/C36H43N3O5/c1-23(2)18-26(37-34(41)43-22-31-29-16-10-8-14-27(29)28-15-9-11-17-30(28)31)21-39-20-25-13-7-6-12-24(25)19-32(33(39)40)38-35(42)44-36(3,4)5/h6-17,23,26,31-32H,18-22H2,1-5H3,(H,37,41)(H,38,42)/t26-,32-/m0/s1. The highest BCUT2D eigenvalue weighted by Crippen LogP contribution is 2.44. The van der Waals surface area contributed by atoms with E-state index in [0.29, 0.717) is 19.4 Å². The number of nitrogens with one attached hydrogen (secondary N) is 2. The molecule has 0 fully saturated rings. The molecule has 8 heteroatoms. The van der Waals surface area contributed by atoms with E-state index in [1.165, 1.54) is 11.1 Å². The van der Waals surface area contributed by atoms with Crippen molar-refractivity contribution in [1.82, 2.24) is 15.5 Å². The molecular formula is C36H43N3O5. The number of hydrogen-bond acceptors (Lipinski definition) is 5. The number of carbonyl (C=O) groups is 3. The number of amides is 3. The van der Waals surface area contributed by atoms with Gasteiger partial charge in [-0.25, -0.2) is 9.59 Å². The number of nitrogens with zero attached hydrogens (tertiary/aromatic N) is 1. The lowest BCUT2D eigenvalue weighted by atomic mass is 9.98. The van der Waals surface area contributed by atoms with Crippen LogP contribution in [0.4, 0.5) is 9.59 Å². The molecule has 2 N–H and O–H groups in total. The van der Waals surface area contributed by atoms with E-state index in [9.17, 15) is 14.4 Å². The molecule has 2 atom stereocenters. The number of benzene rings is 3. The number of carbonyl (C=O) groups excluding carboxylic acids is 3. The minimum Gasteiger partial charge on any atom is -0.449 e. The van der Waals surface area contributed by atoms with Crippen LogP contribution in [-0.4, -0.2) is 53.8 Å². The largest absolute Gasteiger partial charge is 0.449 e. The minimum atomic E-state index is -0.789. The molecule has 0 saturated carbocycles. The monoisotopic (exact) mass is 597 g/mol. The van der Waals surface area contributed by atoms with Gasteiger partial charge < -0.3 is 25.0 Å². The molecule has 0 spiro atoms. The normalized spacial score (nSPS) is 16.8. The van der Waals surface area contributed by atoms with E-state index in [1.54, 1.807) is 25.7 Å². The van der Waals surface area contributed by atoms with Gasteiger partial charge in [0.25, 0.3) is 0 Å². The zero-order chi connectivity index (χ0) is 31.4. The van der Waals surface area contributed by atoms with Crippen LogP contribution in [-0.2, 0) is 27.2 Å². The third-order valence-corrected chi connectivity index (χ3v) is 8.07. The Morgan fingerprint density at radius 3 is 2.09 bits per heavy atom. The van der Waals surface area contributed by atoms with Gasteiger partial charge in [-0.15, -0.1) is 0 Å². The number of rotatable bonds is 8. The van der Waals surface area contributed by atoms with Crippen LogP contribution in [0.3, 0.4) is 0 Å². The molecule has 1 aliphatic carbocycles. The quantitative estimate of drug-likeness (QED) is 0.313. The van der Waals surface area contributed by atoms with Crippen LogP contribution in [0.15, 0.2) is 72.8 Å². The van der Waals surface area contributed by atoms with E-state index in [-0.39, 0.29) is 36.9 Å². The molecule has 8 nitrogen and oxygen atoms in total. The maximum atomic E-state index is 13.9. The molecule has 232 valence electrons. The van der Waals surface area contributed by atoms with Crippen LogP contribution < -0.4 is 10.6 Å². The molecule has 0 aromatic heterocycles. The Kier molecular flexibility index (Phi) is 9.28. The zero-order valence-corrected chi connectivity index (χ0v) is 26.3. The molecule has 44 heavy (non-hydrogen) atoms. The summed E-state index contributed by atoms with van der Waals surface area (Å²) in [6.45, 7) is 10.4. The molecule has 1 heterocycles. The molecule has 3 aromatic carbocycles. The molecule has 2 aliphatic rings. The predicted octanol–water partition coefficient (Wildman–Crippen LogP) is 6.42. The van der Waals surface area contributed by atoms with Crippen LogP contribution in [0.2, 0.25) is 0 Å². The fourth-order valence-electron chi connectivity index (χ4n) is 6.26. The highest BCUT2D eigenvalue weighted by Gasteiger charge is 2.34. The summed E-state index contributed by atoms with van der Waals surface area (Å²) in [5.74, 6) is 0.00848. The van der Waals surface area contributed by atoms with Gasteiger partial charge >= 0.3 is 12.2 Å². The fraction of sp³-hybridized carbons (Fsp3) is 0.417. The third kappa shape index (κ3) is 7.41. The van der Waals surface area contributed by atoms with E-state index in [1.807, 2.05) is 48.5 Å². The number of hydrogen-bond donors (Lipinski definition) is 2. The lowest BCUT2D eigenvalue weighted by Crippen LogP contribution is -2.52. The Hall–Kier alpha value is -4.33. The summed E-state index contributed by atoms with van der Waals surface area (Å²) in [7, 11) is 0. The van der Waals surface area contributed by atoms with Crippen LogP contribution in [0, 0.1) is 5.92 Å². The van der Waals surface area contributed by atoms with Crippen molar-refractivity contribution in [3.05, 3.63) is 95.1 Å². The fourth-order valence-corrected chi connectivity index (χ4v) is 6.26. The van der Waals surface area contributed by atoms with Gasteiger partial charge in [-0.3, -0.25) is 4.79 Å². The summed E-state index contributed by atoms with van der Waals surface area (Å²) in [6, 6.07) is 23.2. The predicted molar refractivity (Wildman–Crippen MR) is 170 cm³/mol. The molecule has 0 radical (unpaired) electrons. The van der Waals surface area contributed by atoms with Gasteiger partial charge in [0.15, 0.2) is 0 Å². The molecule has 0 unspecified atom stereocenters. The average Bonchev–Trinajstić information content (AvgIpc) is 3.21. The Morgan fingerprint density at radius 1 is 0.886 bits per heavy atom. The van der Waals surface area contributed by atoms with Crippen molar-refractivity contribution in [3.63, 3.8) is 0 Å². The van der Waals surface area contributed by atoms with Crippen molar-refractivity contribution in [2.24, 2.45) is 5.92 Å². The van der Waals surface area contributed by atoms with Crippen LogP contribution in [0.1, 0.15) is 69.2 Å². The lowest BCUT2D eigenvalue weighted by Gasteiger charge is -2.30. The number of ether oxygens (including phenoxy) is 2. The number of fused-ring (bicyclic) bond motifs is 4.